The molecule has 0 amide bonds. The van der Waals surface area contributed by atoms with E-state index in [1.165, 1.54) is 6.07 Å². The van der Waals surface area contributed by atoms with Crippen LogP contribution in [0.15, 0.2) is 22.7 Å². The van der Waals surface area contributed by atoms with Crippen molar-refractivity contribution in [1.82, 2.24) is 9.78 Å². The van der Waals surface area contributed by atoms with Gasteiger partial charge in [-0.25, -0.2) is 4.39 Å². The van der Waals surface area contributed by atoms with Crippen LogP contribution < -0.4 is 5.32 Å². The van der Waals surface area contributed by atoms with Gasteiger partial charge in [-0.2, -0.15) is 10.4 Å². The summed E-state index contributed by atoms with van der Waals surface area (Å²) in [5, 5.41) is 16.5. The summed E-state index contributed by atoms with van der Waals surface area (Å²) in [5.41, 5.74) is 2.39. The Morgan fingerprint density at radius 1 is 1.50 bits per heavy atom. The van der Waals surface area contributed by atoms with Gasteiger partial charge in [0.05, 0.1) is 28.1 Å². The summed E-state index contributed by atoms with van der Waals surface area (Å²) in [6.07, 6.45) is 0. The van der Waals surface area contributed by atoms with Crippen molar-refractivity contribution in [2.75, 3.05) is 5.32 Å². The molecule has 0 radical (unpaired) electrons. The molecule has 1 aromatic heterocycles. The van der Waals surface area contributed by atoms with Crippen LogP contribution in [0.2, 0.25) is 0 Å². The minimum Gasteiger partial charge on any atom is -0.378 e. The molecule has 0 saturated carbocycles. The first-order chi connectivity index (χ1) is 9.58. The van der Waals surface area contributed by atoms with Gasteiger partial charge >= 0.3 is 0 Å². The van der Waals surface area contributed by atoms with Gasteiger partial charge < -0.3 is 5.32 Å². The summed E-state index contributed by atoms with van der Waals surface area (Å²) in [7, 11) is 0. The van der Waals surface area contributed by atoms with Gasteiger partial charge in [-0.1, -0.05) is 6.07 Å². The van der Waals surface area contributed by atoms with E-state index in [-0.39, 0.29) is 5.56 Å². The molecule has 0 spiro atoms. The Hall–Kier alpha value is -1.87. The molecule has 104 valence electrons. The van der Waals surface area contributed by atoms with E-state index in [0.29, 0.717) is 12.2 Å². The molecule has 20 heavy (non-hydrogen) atoms. The van der Waals surface area contributed by atoms with E-state index in [9.17, 15) is 4.39 Å². The maximum Gasteiger partial charge on any atom is 0.143 e. The highest BCUT2D eigenvalue weighted by molar-refractivity contribution is 9.10. The highest BCUT2D eigenvalue weighted by Crippen LogP contribution is 2.23. The monoisotopic (exact) mass is 336 g/mol. The second kappa shape index (κ2) is 6.06. The number of halogens is 2. The SMILES string of the molecule is CCn1nc(C)c(Br)c1CNc1cccc(F)c1C#N. The highest BCUT2D eigenvalue weighted by atomic mass is 79.9. The van der Waals surface area contributed by atoms with Gasteiger partial charge in [-0.3, -0.25) is 4.68 Å². The van der Waals surface area contributed by atoms with Crippen molar-refractivity contribution in [1.29, 1.82) is 5.26 Å². The summed E-state index contributed by atoms with van der Waals surface area (Å²) >= 11 is 3.50. The lowest BCUT2D eigenvalue weighted by Gasteiger charge is -2.10. The Bertz CT molecular complexity index is 673. The molecule has 0 aliphatic heterocycles. The van der Waals surface area contributed by atoms with Crippen LogP contribution in [-0.2, 0) is 13.1 Å². The normalized spacial score (nSPS) is 10.3. The van der Waals surface area contributed by atoms with Crippen LogP contribution >= 0.6 is 15.9 Å². The van der Waals surface area contributed by atoms with Gasteiger partial charge in [-0.05, 0) is 41.9 Å². The van der Waals surface area contributed by atoms with E-state index >= 15 is 0 Å². The fraction of sp³-hybridized carbons (Fsp3) is 0.286. The Balaban J connectivity index is 2.26. The first kappa shape index (κ1) is 14.5. The first-order valence-electron chi connectivity index (χ1n) is 6.22. The van der Waals surface area contributed by atoms with E-state index in [4.69, 9.17) is 5.26 Å². The molecule has 1 heterocycles. The third kappa shape index (κ3) is 2.68. The topological polar surface area (TPSA) is 53.6 Å². The average Bonchev–Trinajstić information content (AvgIpc) is 2.72. The Morgan fingerprint density at radius 3 is 2.90 bits per heavy atom. The predicted molar refractivity (Wildman–Crippen MR) is 78.8 cm³/mol. The lowest BCUT2D eigenvalue weighted by Crippen LogP contribution is -2.09. The molecule has 2 aromatic rings. The number of nitrogens with zero attached hydrogens (tertiary/aromatic N) is 3. The minimum absolute atomic E-state index is 0.0305. The van der Waals surface area contributed by atoms with Gasteiger partial charge in [0.1, 0.15) is 17.4 Å². The van der Waals surface area contributed by atoms with Crippen molar-refractivity contribution in [3.63, 3.8) is 0 Å². The lowest BCUT2D eigenvalue weighted by atomic mass is 10.2. The predicted octanol–water partition coefficient (Wildman–Crippen LogP) is 3.60. The van der Waals surface area contributed by atoms with Crippen molar-refractivity contribution in [2.24, 2.45) is 0 Å². The van der Waals surface area contributed by atoms with Gasteiger partial charge in [0.15, 0.2) is 0 Å². The van der Waals surface area contributed by atoms with E-state index in [1.807, 2.05) is 24.6 Å². The zero-order valence-corrected chi connectivity index (χ0v) is 12.8. The third-order valence-corrected chi connectivity index (χ3v) is 4.06. The van der Waals surface area contributed by atoms with E-state index in [0.717, 1.165) is 22.4 Å². The van der Waals surface area contributed by atoms with Crippen LogP contribution in [-0.4, -0.2) is 9.78 Å². The fourth-order valence-electron chi connectivity index (χ4n) is 2.00. The number of anilines is 1. The zero-order chi connectivity index (χ0) is 14.7. The van der Waals surface area contributed by atoms with Gasteiger partial charge in [-0.15, -0.1) is 0 Å². The van der Waals surface area contributed by atoms with E-state index in [2.05, 4.69) is 26.3 Å². The average molecular weight is 337 g/mol. The zero-order valence-electron chi connectivity index (χ0n) is 11.2. The first-order valence-corrected chi connectivity index (χ1v) is 7.02. The number of rotatable bonds is 4. The van der Waals surface area contributed by atoms with Crippen molar-refractivity contribution < 1.29 is 4.39 Å². The van der Waals surface area contributed by atoms with Crippen LogP contribution in [0.5, 0.6) is 0 Å². The molecule has 0 bridgehead atoms. The lowest BCUT2D eigenvalue weighted by molar-refractivity contribution is 0.619. The molecule has 0 saturated heterocycles. The van der Waals surface area contributed by atoms with Crippen LogP contribution in [0.1, 0.15) is 23.9 Å². The molecule has 6 heteroatoms. The summed E-state index contributed by atoms with van der Waals surface area (Å²) in [6, 6.07) is 6.42. The van der Waals surface area contributed by atoms with Crippen LogP contribution in [0.25, 0.3) is 0 Å². The third-order valence-electron chi connectivity index (χ3n) is 3.02. The second-order valence-electron chi connectivity index (χ2n) is 4.29. The van der Waals surface area contributed by atoms with Crippen molar-refractivity contribution >= 4 is 21.6 Å². The Morgan fingerprint density at radius 2 is 2.25 bits per heavy atom. The molecule has 0 atom stereocenters. The number of hydrogen-bond donors (Lipinski definition) is 1. The quantitative estimate of drug-likeness (QED) is 0.928. The molecule has 0 unspecified atom stereocenters. The fourth-order valence-corrected chi connectivity index (χ4v) is 2.43. The number of aromatic nitrogens is 2. The highest BCUT2D eigenvalue weighted by Gasteiger charge is 2.13. The van der Waals surface area contributed by atoms with E-state index in [1.54, 1.807) is 12.1 Å². The summed E-state index contributed by atoms with van der Waals surface area (Å²) in [5.74, 6) is -0.517. The van der Waals surface area contributed by atoms with Crippen LogP contribution in [0.3, 0.4) is 0 Å². The molecule has 1 N–H and O–H groups in total. The number of nitrogens with one attached hydrogen (secondary N) is 1. The molecule has 2 rings (SSSR count). The van der Waals surface area contributed by atoms with Crippen molar-refractivity contribution in [2.45, 2.75) is 26.9 Å². The van der Waals surface area contributed by atoms with Gasteiger partial charge in [0, 0.05) is 6.54 Å². The van der Waals surface area contributed by atoms with E-state index < -0.39 is 5.82 Å². The Labute approximate surface area is 125 Å². The molecular formula is C14H14BrFN4. The minimum atomic E-state index is -0.517. The summed E-state index contributed by atoms with van der Waals surface area (Å²) in [4.78, 5) is 0. The molecule has 4 nitrogen and oxygen atoms in total. The smallest absolute Gasteiger partial charge is 0.143 e. The van der Waals surface area contributed by atoms with Crippen molar-refractivity contribution in [3.05, 3.63) is 45.4 Å². The summed E-state index contributed by atoms with van der Waals surface area (Å²) in [6.45, 7) is 5.14. The molecule has 0 fully saturated rings. The molecule has 0 aliphatic rings. The summed E-state index contributed by atoms with van der Waals surface area (Å²) < 4.78 is 16.3. The number of benzene rings is 1. The maximum atomic E-state index is 13.5. The van der Waals surface area contributed by atoms with Crippen molar-refractivity contribution in [3.8, 4) is 6.07 Å². The van der Waals surface area contributed by atoms with Crippen LogP contribution in [0.4, 0.5) is 10.1 Å². The van der Waals surface area contributed by atoms with Gasteiger partial charge in [0.25, 0.3) is 0 Å². The Kier molecular flexibility index (Phi) is 4.40. The molecule has 1 aromatic carbocycles. The number of hydrogen-bond acceptors (Lipinski definition) is 3. The maximum absolute atomic E-state index is 13.5. The standard InChI is InChI=1S/C14H14BrFN4/c1-3-20-13(14(15)9(2)19-20)8-18-12-6-4-5-11(16)10(12)7-17/h4-6,18H,3,8H2,1-2H3. The molecule has 0 aliphatic carbocycles. The second-order valence-corrected chi connectivity index (χ2v) is 5.08. The van der Waals surface area contributed by atoms with Crippen LogP contribution in [0, 0.1) is 24.1 Å². The van der Waals surface area contributed by atoms with Gasteiger partial charge in [0.2, 0.25) is 0 Å². The number of nitriles is 1. The number of aryl methyl sites for hydroxylation is 2. The molecular weight excluding hydrogens is 323 g/mol. The largest absolute Gasteiger partial charge is 0.378 e.